The number of amides is 2. The van der Waals surface area contributed by atoms with E-state index in [0.717, 1.165) is 0 Å². The van der Waals surface area contributed by atoms with Crippen LogP contribution in [0.3, 0.4) is 0 Å². The summed E-state index contributed by atoms with van der Waals surface area (Å²) in [6.07, 6.45) is 0.164. The minimum atomic E-state index is -0.508. The van der Waals surface area contributed by atoms with Gasteiger partial charge in [0.2, 0.25) is 11.8 Å². The standard InChI is InChI=1S/C11H22N2O3/c1-5-13(4)11(16)9(3)12-10(15)7-6-8(2)14/h8-9,14H,5-7H2,1-4H3,(H,12,15). The van der Waals surface area contributed by atoms with Crippen molar-refractivity contribution in [3.63, 3.8) is 0 Å². The van der Waals surface area contributed by atoms with Crippen LogP contribution >= 0.6 is 0 Å². The number of aliphatic hydroxyl groups is 1. The summed E-state index contributed by atoms with van der Waals surface area (Å²) >= 11 is 0. The Balaban J connectivity index is 3.99. The fourth-order valence-electron chi connectivity index (χ4n) is 1.20. The number of hydrogen-bond donors (Lipinski definition) is 2. The first-order chi connectivity index (χ1) is 7.38. The highest BCUT2D eigenvalue weighted by Gasteiger charge is 2.18. The van der Waals surface area contributed by atoms with Gasteiger partial charge in [0.05, 0.1) is 6.10 Å². The van der Waals surface area contributed by atoms with Crippen LogP contribution in [0, 0.1) is 0 Å². The summed E-state index contributed by atoms with van der Waals surface area (Å²) in [4.78, 5) is 24.5. The molecular formula is C11H22N2O3. The molecule has 0 aromatic carbocycles. The van der Waals surface area contributed by atoms with Gasteiger partial charge in [-0.2, -0.15) is 0 Å². The van der Waals surface area contributed by atoms with E-state index >= 15 is 0 Å². The van der Waals surface area contributed by atoms with E-state index in [1.807, 2.05) is 6.92 Å². The zero-order valence-corrected chi connectivity index (χ0v) is 10.5. The molecule has 0 bridgehead atoms. The highest BCUT2D eigenvalue weighted by Crippen LogP contribution is 1.97. The van der Waals surface area contributed by atoms with E-state index in [1.165, 1.54) is 0 Å². The molecule has 16 heavy (non-hydrogen) atoms. The summed E-state index contributed by atoms with van der Waals surface area (Å²) in [7, 11) is 1.70. The van der Waals surface area contributed by atoms with E-state index in [4.69, 9.17) is 5.11 Å². The zero-order chi connectivity index (χ0) is 12.7. The van der Waals surface area contributed by atoms with Gasteiger partial charge in [-0.1, -0.05) is 0 Å². The van der Waals surface area contributed by atoms with E-state index in [0.29, 0.717) is 13.0 Å². The van der Waals surface area contributed by atoms with Crippen LogP contribution in [0.15, 0.2) is 0 Å². The molecule has 2 N–H and O–H groups in total. The van der Waals surface area contributed by atoms with Crippen molar-refractivity contribution in [3.8, 4) is 0 Å². The molecule has 0 rings (SSSR count). The number of likely N-dealkylation sites (N-methyl/N-ethyl adjacent to an activating group) is 1. The molecule has 2 atom stereocenters. The number of rotatable bonds is 6. The molecule has 0 saturated carbocycles. The maximum Gasteiger partial charge on any atom is 0.244 e. The molecule has 0 heterocycles. The molecule has 0 aromatic heterocycles. The molecule has 2 amide bonds. The van der Waals surface area contributed by atoms with Crippen LogP contribution in [0.5, 0.6) is 0 Å². The lowest BCUT2D eigenvalue weighted by molar-refractivity contribution is -0.134. The van der Waals surface area contributed by atoms with Crippen LogP contribution in [0.1, 0.15) is 33.6 Å². The summed E-state index contributed by atoms with van der Waals surface area (Å²) in [5, 5.41) is 11.6. The predicted molar refractivity (Wildman–Crippen MR) is 61.8 cm³/mol. The van der Waals surface area contributed by atoms with Gasteiger partial charge in [-0.05, 0) is 27.2 Å². The van der Waals surface area contributed by atoms with Gasteiger partial charge < -0.3 is 15.3 Å². The number of nitrogens with zero attached hydrogens (tertiary/aromatic N) is 1. The first-order valence-electron chi connectivity index (χ1n) is 5.60. The van der Waals surface area contributed by atoms with E-state index in [9.17, 15) is 9.59 Å². The van der Waals surface area contributed by atoms with E-state index in [1.54, 1.807) is 25.8 Å². The second kappa shape index (κ2) is 7.22. The molecule has 0 aliphatic carbocycles. The zero-order valence-electron chi connectivity index (χ0n) is 10.5. The van der Waals surface area contributed by atoms with E-state index < -0.39 is 12.1 Å². The number of hydrogen-bond acceptors (Lipinski definition) is 3. The average molecular weight is 230 g/mol. The van der Waals surface area contributed by atoms with Crippen molar-refractivity contribution in [2.45, 2.75) is 45.8 Å². The fraction of sp³-hybridized carbons (Fsp3) is 0.818. The molecule has 0 radical (unpaired) electrons. The lowest BCUT2D eigenvalue weighted by Crippen LogP contribution is -2.45. The fourth-order valence-corrected chi connectivity index (χ4v) is 1.20. The molecule has 94 valence electrons. The molecule has 0 aliphatic rings. The monoisotopic (exact) mass is 230 g/mol. The van der Waals surface area contributed by atoms with Gasteiger partial charge in [0, 0.05) is 20.0 Å². The number of aliphatic hydroxyl groups excluding tert-OH is 1. The van der Waals surface area contributed by atoms with Crippen molar-refractivity contribution < 1.29 is 14.7 Å². The van der Waals surface area contributed by atoms with Crippen LogP contribution < -0.4 is 5.32 Å². The highest BCUT2D eigenvalue weighted by molar-refractivity contribution is 5.87. The lowest BCUT2D eigenvalue weighted by atomic mass is 10.2. The van der Waals surface area contributed by atoms with Crippen LogP contribution in [0.25, 0.3) is 0 Å². The Kier molecular flexibility index (Phi) is 6.72. The summed E-state index contributed by atoms with van der Waals surface area (Å²) in [6, 6.07) is -0.508. The van der Waals surface area contributed by atoms with Crippen LogP contribution in [-0.4, -0.2) is 47.6 Å². The average Bonchev–Trinajstić information content (AvgIpc) is 2.24. The Labute approximate surface area is 96.8 Å². The summed E-state index contributed by atoms with van der Waals surface area (Å²) in [5.41, 5.74) is 0. The van der Waals surface area contributed by atoms with Crippen LogP contribution in [-0.2, 0) is 9.59 Å². The van der Waals surface area contributed by atoms with Gasteiger partial charge in [-0.15, -0.1) is 0 Å². The first kappa shape index (κ1) is 14.9. The SMILES string of the molecule is CCN(C)C(=O)C(C)NC(=O)CCC(C)O. The van der Waals surface area contributed by atoms with Crippen molar-refractivity contribution in [2.75, 3.05) is 13.6 Å². The van der Waals surface area contributed by atoms with Crippen molar-refractivity contribution in [1.82, 2.24) is 10.2 Å². The number of nitrogens with one attached hydrogen (secondary N) is 1. The Hall–Kier alpha value is -1.10. The van der Waals surface area contributed by atoms with Gasteiger partial charge in [-0.3, -0.25) is 9.59 Å². The molecular weight excluding hydrogens is 208 g/mol. The van der Waals surface area contributed by atoms with Crippen LogP contribution in [0.2, 0.25) is 0 Å². The first-order valence-corrected chi connectivity index (χ1v) is 5.60. The van der Waals surface area contributed by atoms with Gasteiger partial charge in [0.1, 0.15) is 6.04 Å². The molecule has 0 saturated heterocycles. The van der Waals surface area contributed by atoms with Crippen LogP contribution in [0.4, 0.5) is 0 Å². The third-order valence-corrected chi connectivity index (χ3v) is 2.39. The molecule has 2 unspecified atom stereocenters. The maximum atomic E-state index is 11.6. The van der Waals surface area contributed by atoms with Gasteiger partial charge >= 0.3 is 0 Å². The predicted octanol–water partition coefficient (Wildman–Crippen LogP) is 0.130. The van der Waals surface area contributed by atoms with E-state index in [2.05, 4.69) is 5.32 Å². The maximum absolute atomic E-state index is 11.6. The Morgan fingerprint density at radius 2 is 1.94 bits per heavy atom. The third-order valence-electron chi connectivity index (χ3n) is 2.39. The molecule has 0 spiro atoms. The normalized spacial score (nSPS) is 14.1. The minimum absolute atomic E-state index is 0.104. The van der Waals surface area contributed by atoms with Gasteiger partial charge in [0.25, 0.3) is 0 Å². The highest BCUT2D eigenvalue weighted by atomic mass is 16.3. The van der Waals surface area contributed by atoms with Crippen molar-refractivity contribution in [1.29, 1.82) is 0 Å². The van der Waals surface area contributed by atoms with Crippen molar-refractivity contribution >= 4 is 11.8 Å². The van der Waals surface area contributed by atoms with Gasteiger partial charge in [0.15, 0.2) is 0 Å². The second-order valence-corrected chi connectivity index (χ2v) is 4.03. The number of carbonyl (C=O) groups excluding carboxylic acids is 2. The smallest absolute Gasteiger partial charge is 0.244 e. The quantitative estimate of drug-likeness (QED) is 0.681. The third kappa shape index (κ3) is 5.70. The summed E-state index contributed by atoms with van der Waals surface area (Å²) in [6.45, 7) is 5.79. The van der Waals surface area contributed by atoms with Gasteiger partial charge in [-0.25, -0.2) is 0 Å². The number of carbonyl (C=O) groups is 2. The molecule has 0 aromatic rings. The van der Waals surface area contributed by atoms with Crippen molar-refractivity contribution in [3.05, 3.63) is 0 Å². The molecule has 0 fully saturated rings. The molecule has 0 aliphatic heterocycles. The Morgan fingerprint density at radius 3 is 2.38 bits per heavy atom. The Bertz CT molecular complexity index is 241. The summed E-state index contributed by atoms with van der Waals surface area (Å²) < 4.78 is 0. The van der Waals surface area contributed by atoms with Crippen molar-refractivity contribution in [2.24, 2.45) is 0 Å². The van der Waals surface area contributed by atoms with E-state index in [-0.39, 0.29) is 18.2 Å². The molecule has 5 nitrogen and oxygen atoms in total. The molecule has 5 heteroatoms. The lowest BCUT2D eigenvalue weighted by Gasteiger charge is -2.20. The second-order valence-electron chi connectivity index (χ2n) is 4.03. The largest absolute Gasteiger partial charge is 0.393 e. The minimum Gasteiger partial charge on any atom is -0.393 e. The Morgan fingerprint density at radius 1 is 1.38 bits per heavy atom. The topological polar surface area (TPSA) is 69.6 Å². The summed E-state index contributed by atoms with van der Waals surface area (Å²) in [5.74, 6) is -0.306.